The van der Waals surface area contributed by atoms with Crippen molar-refractivity contribution in [2.24, 2.45) is 0 Å². The van der Waals surface area contributed by atoms with E-state index in [0.29, 0.717) is 10.7 Å². The summed E-state index contributed by atoms with van der Waals surface area (Å²) in [6.45, 7) is -0.833. The summed E-state index contributed by atoms with van der Waals surface area (Å²) in [4.78, 5) is 33.3. The van der Waals surface area contributed by atoms with Crippen LogP contribution < -0.4 is 5.32 Å². The predicted molar refractivity (Wildman–Crippen MR) is 91.4 cm³/mol. The fourth-order valence-corrected chi connectivity index (χ4v) is 2.56. The van der Waals surface area contributed by atoms with Crippen molar-refractivity contribution in [2.45, 2.75) is 6.42 Å². The van der Waals surface area contributed by atoms with Gasteiger partial charge >= 0.3 is 0 Å². The van der Waals surface area contributed by atoms with Crippen LogP contribution in [0.25, 0.3) is 0 Å². The number of benzene rings is 2. The molecule has 0 aliphatic rings. The fraction of sp³-hybridized carbons (Fsp3) is 0.125. The SMILES string of the molecule is O=C(Cc1cccc(Cl)c1)Nc1ccc(C(=O)C[N+](=O)[O-])c(Cl)c1. The van der Waals surface area contributed by atoms with Gasteiger partial charge in [-0.2, -0.15) is 0 Å². The molecule has 2 aromatic rings. The van der Waals surface area contributed by atoms with E-state index in [1.807, 2.05) is 0 Å². The summed E-state index contributed by atoms with van der Waals surface area (Å²) in [5.41, 5.74) is 1.19. The molecule has 0 saturated heterocycles. The van der Waals surface area contributed by atoms with Crippen LogP contribution in [0, 0.1) is 10.1 Å². The Balaban J connectivity index is 2.05. The Morgan fingerprint density at radius 3 is 2.50 bits per heavy atom. The summed E-state index contributed by atoms with van der Waals surface area (Å²) >= 11 is 11.8. The highest BCUT2D eigenvalue weighted by molar-refractivity contribution is 6.34. The first kappa shape index (κ1) is 17.9. The third kappa shape index (κ3) is 5.04. The molecule has 0 fully saturated rings. The van der Waals surface area contributed by atoms with Gasteiger partial charge in [0, 0.05) is 21.2 Å². The Bertz CT molecular complexity index is 808. The smallest absolute Gasteiger partial charge is 0.265 e. The Morgan fingerprint density at radius 2 is 1.88 bits per heavy atom. The lowest BCUT2D eigenvalue weighted by Gasteiger charge is -2.08. The highest BCUT2D eigenvalue weighted by Crippen LogP contribution is 2.22. The van der Waals surface area contributed by atoms with Crippen molar-refractivity contribution in [2.75, 3.05) is 11.9 Å². The molecule has 8 heteroatoms. The number of hydrogen-bond acceptors (Lipinski definition) is 4. The van der Waals surface area contributed by atoms with E-state index in [-0.39, 0.29) is 22.9 Å². The Hall–Kier alpha value is -2.44. The van der Waals surface area contributed by atoms with Crippen LogP contribution in [-0.4, -0.2) is 23.2 Å². The van der Waals surface area contributed by atoms with Gasteiger partial charge in [0.05, 0.1) is 11.4 Å². The summed E-state index contributed by atoms with van der Waals surface area (Å²) < 4.78 is 0. The third-order valence-electron chi connectivity index (χ3n) is 3.08. The van der Waals surface area contributed by atoms with Crippen molar-refractivity contribution in [1.29, 1.82) is 0 Å². The van der Waals surface area contributed by atoms with Crippen molar-refractivity contribution in [1.82, 2.24) is 0 Å². The largest absolute Gasteiger partial charge is 0.326 e. The van der Waals surface area contributed by atoms with Crippen molar-refractivity contribution < 1.29 is 14.5 Å². The number of hydrogen-bond donors (Lipinski definition) is 1. The molecule has 0 aromatic heterocycles. The Morgan fingerprint density at radius 1 is 1.12 bits per heavy atom. The van der Waals surface area contributed by atoms with Gasteiger partial charge in [-0.15, -0.1) is 0 Å². The van der Waals surface area contributed by atoms with E-state index in [9.17, 15) is 19.7 Å². The van der Waals surface area contributed by atoms with Crippen molar-refractivity contribution >= 4 is 40.6 Å². The van der Waals surface area contributed by atoms with E-state index in [1.165, 1.54) is 18.2 Å². The van der Waals surface area contributed by atoms with E-state index in [0.717, 1.165) is 5.56 Å². The zero-order valence-electron chi connectivity index (χ0n) is 12.3. The second kappa shape index (κ2) is 7.90. The van der Waals surface area contributed by atoms with Gasteiger partial charge in [0.15, 0.2) is 0 Å². The number of amides is 1. The first-order chi connectivity index (χ1) is 11.3. The van der Waals surface area contributed by atoms with Gasteiger partial charge in [-0.3, -0.25) is 19.7 Å². The van der Waals surface area contributed by atoms with Crippen LogP contribution in [0.2, 0.25) is 10.0 Å². The molecule has 1 amide bonds. The molecule has 2 rings (SSSR count). The van der Waals surface area contributed by atoms with Crippen LogP contribution in [0.1, 0.15) is 15.9 Å². The second-order valence-electron chi connectivity index (χ2n) is 4.96. The number of anilines is 1. The minimum atomic E-state index is -0.833. The maximum absolute atomic E-state index is 12.0. The average Bonchev–Trinajstić information content (AvgIpc) is 2.46. The highest BCUT2D eigenvalue weighted by atomic mass is 35.5. The van der Waals surface area contributed by atoms with Gasteiger partial charge < -0.3 is 5.32 Å². The topological polar surface area (TPSA) is 89.3 Å². The first-order valence-electron chi connectivity index (χ1n) is 6.84. The molecule has 0 spiro atoms. The molecule has 0 aliphatic carbocycles. The maximum Gasteiger partial charge on any atom is 0.265 e. The van der Waals surface area contributed by atoms with Crippen LogP contribution in [0.5, 0.6) is 0 Å². The molecule has 0 atom stereocenters. The molecule has 0 saturated carbocycles. The molecule has 1 N–H and O–H groups in total. The van der Waals surface area contributed by atoms with Crippen LogP contribution in [-0.2, 0) is 11.2 Å². The lowest BCUT2D eigenvalue weighted by atomic mass is 10.1. The van der Waals surface area contributed by atoms with Crippen molar-refractivity contribution in [3.8, 4) is 0 Å². The zero-order chi connectivity index (χ0) is 17.7. The lowest BCUT2D eigenvalue weighted by Crippen LogP contribution is -2.16. The first-order valence-corrected chi connectivity index (χ1v) is 7.59. The molecule has 0 radical (unpaired) electrons. The van der Waals surface area contributed by atoms with Crippen LogP contribution >= 0.6 is 23.2 Å². The number of carbonyl (C=O) groups is 2. The van der Waals surface area contributed by atoms with E-state index in [2.05, 4.69) is 5.32 Å². The number of nitrogens with one attached hydrogen (secondary N) is 1. The number of ketones is 1. The van der Waals surface area contributed by atoms with Crippen LogP contribution in [0.3, 0.4) is 0 Å². The number of rotatable bonds is 6. The number of halogens is 2. The Labute approximate surface area is 147 Å². The zero-order valence-corrected chi connectivity index (χ0v) is 13.8. The summed E-state index contributed by atoms with van der Waals surface area (Å²) in [7, 11) is 0. The maximum atomic E-state index is 12.0. The molecule has 6 nitrogen and oxygen atoms in total. The van der Waals surface area contributed by atoms with E-state index >= 15 is 0 Å². The molecular weight excluding hydrogens is 355 g/mol. The molecule has 124 valence electrons. The number of carbonyl (C=O) groups excluding carboxylic acids is 2. The van der Waals surface area contributed by atoms with Gasteiger partial charge in [-0.1, -0.05) is 35.3 Å². The number of nitrogens with zero attached hydrogens (tertiary/aromatic N) is 1. The standard InChI is InChI=1S/C16H12Cl2N2O4/c17-11-3-1-2-10(6-11)7-16(22)19-12-4-5-13(14(18)8-12)15(21)9-20(23)24/h1-6,8H,7,9H2,(H,19,22). The van der Waals surface area contributed by atoms with Gasteiger partial charge in [0.2, 0.25) is 11.7 Å². The third-order valence-corrected chi connectivity index (χ3v) is 3.63. The summed E-state index contributed by atoms with van der Waals surface area (Å²) in [5, 5.41) is 13.6. The van der Waals surface area contributed by atoms with E-state index in [4.69, 9.17) is 23.2 Å². The minimum Gasteiger partial charge on any atom is -0.326 e. The Kier molecular flexibility index (Phi) is 5.89. The number of nitro groups is 1. The molecule has 0 unspecified atom stereocenters. The highest BCUT2D eigenvalue weighted by Gasteiger charge is 2.16. The van der Waals surface area contributed by atoms with Crippen molar-refractivity contribution in [3.05, 3.63) is 73.8 Å². The molecule has 0 aliphatic heterocycles. The van der Waals surface area contributed by atoms with Crippen molar-refractivity contribution in [3.63, 3.8) is 0 Å². The number of Topliss-reactive ketones (excluding diaryl/α,β-unsaturated/α-hetero) is 1. The van der Waals surface area contributed by atoms with Crippen LogP contribution in [0.15, 0.2) is 42.5 Å². The van der Waals surface area contributed by atoms with Gasteiger partial charge in [0.1, 0.15) is 0 Å². The predicted octanol–water partition coefficient (Wildman–Crippen LogP) is 3.63. The molecular formula is C16H12Cl2N2O4. The molecule has 0 heterocycles. The van der Waals surface area contributed by atoms with E-state index in [1.54, 1.807) is 24.3 Å². The van der Waals surface area contributed by atoms with Gasteiger partial charge in [0.25, 0.3) is 6.54 Å². The quantitative estimate of drug-likeness (QED) is 0.480. The minimum absolute atomic E-state index is 0.0428. The average molecular weight is 367 g/mol. The molecule has 0 bridgehead atoms. The van der Waals surface area contributed by atoms with E-state index < -0.39 is 17.3 Å². The van der Waals surface area contributed by atoms with Gasteiger partial charge in [-0.05, 0) is 35.9 Å². The normalized spacial score (nSPS) is 10.2. The second-order valence-corrected chi connectivity index (χ2v) is 5.81. The monoisotopic (exact) mass is 366 g/mol. The summed E-state index contributed by atoms with van der Waals surface area (Å²) in [6, 6.07) is 11.1. The molecule has 24 heavy (non-hydrogen) atoms. The summed E-state index contributed by atoms with van der Waals surface area (Å²) in [6.07, 6.45) is 0.125. The van der Waals surface area contributed by atoms with Crippen LogP contribution in [0.4, 0.5) is 5.69 Å². The molecule has 2 aromatic carbocycles. The van der Waals surface area contributed by atoms with Gasteiger partial charge in [-0.25, -0.2) is 0 Å². The summed E-state index contributed by atoms with van der Waals surface area (Å²) in [5.74, 6) is -0.973. The fourth-order valence-electron chi connectivity index (χ4n) is 2.06. The lowest BCUT2D eigenvalue weighted by molar-refractivity contribution is -0.465.